The second-order valence-electron chi connectivity index (χ2n) is 8.30. The third-order valence-electron chi connectivity index (χ3n) is 4.64. The maximum Gasteiger partial charge on any atom is 0.0759 e. The molecule has 136 valence electrons. The van der Waals surface area contributed by atoms with Gasteiger partial charge in [0, 0.05) is 49.7 Å². The van der Waals surface area contributed by atoms with Crippen LogP contribution < -0.4 is 0 Å². The van der Waals surface area contributed by atoms with E-state index in [2.05, 4.69) is 90.4 Å². The molecule has 0 saturated heterocycles. The predicted molar refractivity (Wildman–Crippen MR) is 100 cm³/mol. The van der Waals surface area contributed by atoms with Crippen molar-refractivity contribution in [2.24, 2.45) is 5.92 Å². The fourth-order valence-corrected chi connectivity index (χ4v) is 3.01. The molecule has 0 saturated carbocycles. The first-order valence-corrected chi connectivity index (χ1v) is 8.82. The van der Waals surface area contributed by atoms with Crippen molar-refractivity contribution in [2.45, 2.75) is 72.8 Å². The largest absolute Gasteiger partial charge is 0.266 e. The maximum atomic E-state index is 5.08. The third kappa shape index (κ3) is 4.20. The molecule has 2 rings (SSSR count). The van der Waals surface area contributed by atoms with Crippen LogP contribution in [-0.4, -0.2) is 9.78 Å². The molecule has 0 N–H and O–H groups in total. The zero-order valence-corrected chi connectivity index (χ0v) is 18.6. The summed E-state index contributed by atoms with van der Waals surface area (Å²) in [7, 11) is 0. The van der Waals surface area contributed by atoms with Gasteiger partial charge in [-0.15, -0.1) is 0 Å². The Morgan fingerprint density at radius 1 is 0.917 bits per heavy atom. The quantitative estimate of drug-likeness (QED) is 0.483. The summed E-state index contributed by atoms with van der Waals surface area (Å²) >= 11 is 0. The SMILES string of the molecule is CC(C)C(C)c1c(-c2ccccc2)c(C(C)(C)C)nn1C(C)C.[Pt]. The minimum atomic E-state index is 0. The van der Waals surface area contributed by atoms with Crippen molar-refractivity contribution in [3.05, 3.63) is 41.7 Å². The molecule has 0 amide bonds. The number of benzene rings is 1. The number of rotatable bonds is 4. The monoisotopic (exact) mass is 507 g/mol. The molecule has 0 spiro atoms. The Labute approximate surface area is 162 Å². The molecule has 1 unspecified atom stereocenters. The molecule has 0 radical (unpaired) electrons. The molecule has 1 aromatic carbocycles. The van der Waals surface area contributed by atoms with Gasteiger partial charge in [0.2, 0.25) is 0 Å². The Morgan fingerprint density at radius 3 is 1.88 bits per heavy atom. The van der Waals surface area contributed by atoms with Crippen LogP contribution in [0.2, 0.25) is 0 Å². The smallest absolute Gasteiger partial charge is 0.0759 e. The minimum absolute atomic E-state index is 0. The Balaban J connectivity index is 0.00000288. The fraction of sp³-hybridized carbons (Fsp3) is 0.571. The van der Waals surface area contributed by atoms with Gasteiger partial charge in [-0.05, 0) is 25.3 Å². The van der Waals surface area contributed by atoms with Crippen LogP contribution in [0.3, 0.4) is 0 Å². The number of hydrogen-bond acceptors (Lipinski definition) is 1. The van der Waals surface area contributed by atoms with Gasteiger partial charge < -0.3 is 0 Å². The van der Waals surface area contributed by atoms with E-state index >= 15 is 0 Å². The van der Waals surface area contributed by atoms with Crippen LogP contribution >= 0.6 is 0 Å². The van der Waals surface area contributed by atoms with Crippen LogP contribution in [-0.2, 0) is 26.5 Å². The van der Waals surface area contributed by atoms with Crippen LogP contribution in [0.25, 0.3) is 11.1 Å². The summed E-state index contributed by atoms with van der Waals surface area (Å²) in [6.45, 7) is 18.2. The van der Waals surface area contributed by atoms with E-state index in [9.17, 15) is 0 Å². The molecule has 1 heterocycles. The zero-order chi connectivity index (χ0) is 17.4. The average Bonchev–Trinajstić information content (AvgIpc) is 2.87. The molecule has 1 atom stereocenters. The van der Waals surface area contributed by atoms with E-state index < -0.39 is 0 Å². The van der Waals surface area contributed by atoms with E-state index in [0.717, 1.165) is 0 Å². The Bertz CT molecular complexity index is 648. The summed E-state index contributed by atoms with van der Waals surface area (Å²) in [6, 6.07) is 11.1. The van der Waals surface area contributed by atoms with Crippen molar-refractivity contribution in [1.82, 2.24) is 9.78 Å². The third-order valence-corrected chi connectivity index (χ3v) is 4.64. The van der Waals surface area contributed by atoms with Crippen LogP contribution in [0.15, 0.2) is 30.3 Å². The van der Waals surface area contributed by atoms with E-state index in [0.29, 0.717) is 17.9 Å². The molecule has 3 heteroatoms. The van der Waals surface area contributed by atoms with Gasteiger partial charge >= 0.3 is 0 Å². The number of nitrogens with zero attached hydrogens (tertiary/aromatic N) is 2. The van der Waals surface area contributed by atoms with Gasteiger partial charge in [0.05, 0.1) is 5.69 Å². The first-order valence-electron chi connectivity index (χ1n) is 8.82. The fourth-order valence-electron chi connectivity index (χ4n) is 3.01. The first-order chi connectivity index (χ1) is 10.6. The summed E-state index contributed by atoms with van der Waals surface area (Å²) in [4.78, 5) is 0. The van der Waals surface area contributed by atoms with E-state index in [1.54, 1.807) is 0 Å². The molecule has 24 heavy (non-hydrogen) atoms. The van der Waals surface area contributed by atoms with Gasteiger partial charge in [-0.25, -0.2) is 0 Å². The van der Waals surface area contributed by atoms with Crippen LogP contribution in [0.1, 0.15) is 78.7 Å². The Kier molecular flexibility index (Phi) is 7.05. The van der Waals surface area contributed by atoms with Crippen LogP contribution in [0, 0.1) is 5.92 Å². The van der Waals surface area contributed by atoms with Crippen LogP contribution in [0.5, 0.6) is 0 Å². The van der Waals surface area contributed by atoms with E-state index in [1.807, 2.05) is 0 Å². The summed E-state index contributed by atoms with van der Waals surface area (Å²) in [5, 5.41) is 5.08. The average molecular weight is 508 g/mol. The molecule has 0 aliphatic rings. The molecule has 0 fully saturated rings. The molecular formula is C21H32N2Pt. The summed E-state index contributed by atoms with van der Waals surface area (Å²) in [5.41, 5.74) is 5.24. The van der Waals surface area contributed by atoms with Gasteiger partial charge in [-0.1, -0.05) is 71.9 Å². The number of hydrogen-bond donors (Lipinski definition) is 0. The molecule has 1 aromatic heterocycles. The van der Waals surface area contributed by atoms with Crippen molar-refractivity contribution < 1.29 is 21.1 Å². The van der Waals surface area contributed by atoms with E-state index in [1.165, 1.54) is 22.5 Å². The minimum Gasteiger partial charge on any atom is -0.266 e. The van der Waals surface area contributed by atoms with Crippen molar-refractivity contribution >= 4 is 0 Å². The Morgan fingerprint density at radius 2 is 1.46 bits per heavy atom. The van der Waals surface area contributed by atoms with E-state index in [4.69, 9.17) is 5.10 Å². The summed E-state index contributed by atoms with van der Waals surface area (Å²) < 4.78 is 2.26. The standard InChI is InChI=1S/C21H32N2.Pt/c1-14(2)16(5)19-18(17-12-10-9-11-13-17)20(21(6,7)8)22-23(19)15(3)4;/h9-16H,1-8H3;. The molecule has 0 aliphatic heterocycles. The summed E-state index contributed by atoms with van der Waals surface area (Å²) in [5.74, 6) is 1.05. The normalized spacial score (nSPS) is 13.2. The van der Waals surface area contributed by atoms with Gasteiger partial charge in [0.25, 0.3) is 0 Å². The van der Waals surface area contributed by atoms with E-state index in [-0.39, 0.29) is 26.5 Å². The van der Waals surface area contributed by atoms with Crippen molar-refractivity contribution in [1.29, 1.82) is 0 Å². The second kappa shape index (κ2) is 8.00. The summed E-state index contributed by atoms with van der Waals surface area (Å²) in [6.07, 6.45) is 0. The molecule has 2 aromatic rings. The van der Waals surface area contributed by atoms with Gasteiger partial charge in [-0.2, -0.15) is 5.10 Å². The first kappa shape index (κ1) is 21.2. The van der Waals surface area contributed by atoms with Crippen molar-refractivity contribution in [3.8, 4) is 11.1 Å². The number of aromatic nitrogens is 2. The van der Waals surface area contributed by atoms with Crippen LogP contribution in [0.4, 0.5) is 0 Å². The molecular weight excluding hydrogens is 475 g/mol. The molecule has 2 nitrogen and oxygen atoms in total. The van der Waals surface area contributed by atoms with Gasteiger partial charge in [-0.3, -0.25) is 4.68 Å². The maximum absolute atomic E-state index is 5.08. The predicted octanol–water partition coefficient (Wildman–Crippen LogP) is 6.19. The topological polar surface area (TPSA) is 17.8 Å². The van der Waals surface area contributed by atoms with Crippen molar-refractivity contribution in [2.75, 3.05) is 0 Å². The second-order valence-corrected chi connectivity index (χ2v) is 8.30. The zero-order valence-electron chi connectivity index (χ0n) is 16.3. The Hall–Kier alpha value is -0.882. The van der Waals surface area contributed by atoms with Crippen molar-refractivity contribution in [3.63, 3.8) is 0 Å². The molecule has 0 bridgehead atoms. The van der Waals surface area contributed by atoms with Gasteiger partial charge in [0.1, 0.15) is 0 Å². The molecule has 0 aliphatic carbocycles. The van der Waals surface area contributed by atoms with Gasteiger partial charge in [0.15, 0.2) is 0 Å².